The Balaban J connectivity index is 1.26. The number of likely N-dealkylation sites (N-methyl/N-ethyl adjacent to an activating group) is 1. The number of amides is 2. The van der Waals surface area contributed by atoms with E-state index in [1.54, 1.807) is 0 Å². The van der Waals surface area contributed by atoms with Gasteiger partial charge in [-0.15, -0.1) is 0 Å². The second-order valence-corrected chi connectivity index (χ2v) is 11.1. The molecular weight excluding hydrogens is 524 g/mol. The van der Waals surface area contributed by atoms with Crippen LogP contribution in [0.3, 0.4) is 0 Å². The van der Waals surface area contributed by atoms with E-state index >= 15 is 0 Å². The zero-order chi connectivity index (χ0) is 28.3. The van der Waals surface area contributed by atoms with Crippen LogP contribution < -0.4 is 10.2 Å². The fourth-order valence-corrected chi connectivity index (χ4v) is 6.04. The number of rotatable bonds is 5. The first-order valence-electron chi connectivity index (χ1n) is 14.5. The Morgan fingerprint density at radius 3 is 2.34 bits per heavy atom. The van der Waals surface area contributed by atoms with Gasteiger partial charge in [0.2, 0.25) is 11.9 Å². The number of ether oxygens (including phenoxy) is 2. The Hall–Kier alpha value is -3.77. The monoisotopic (exact) mass is 562 g/mol. The van der Waals surface area contributed by atoms with Crippen LogP contribution in [0.15, 0.2) is 30.5 Å². The van der Waals surface area contributed by atoms with Crippen LogP contribution in [0.4, 0.5) is 16.4 Å². The highest BCUT2D eigenvalue weighted by Crippen LogP contribution is 2.37. The van der Waals surface area contributed by atoms with Crippen molar-refractivity contribution in [1.29, 1.82) is 0 Å². The highest BCUT2D eigenvalue weighted by molar-refractivity contribution is 5.92. The fraction of sp³-hybridized carbons (Fsp3) is 0.552. The minimum Gasteiger partial charge on any atom is -0.453 e. The Bertz CT molecular complexity index is 1370. The molecule has 12 nitrogen and oxygen atoms in total. The summed E-state index contributed by atoms with van der Waals surface area (Å²) in [4.78, 5) is 41.3. The first-order valence-corrected chi connectivity index (χ1v) is 14.5. The average Bonchev–Trinajstić information content (AvgIpc) is 3.45. The summed E-state index contributed by atoms with van der Waals surface area (Å²) in [5, 5.41) is 8.40. The lowest BCUT2D eigenvalue weighted by molar-refractivity contribution is -0.138. The molecule has 0 unspecified atom stereocenters. The van der Waals surface area contributed by atoms with E-state index in [2.05, 4.69) is 22.2 Å². The van der Waals surface area contributed by atoms with Gasteiger partial charge in [0.15, 0.2) is 5.65 Å². The van der Waals surface area contributed by atoms with E-state index in [1.807, 2.05) is 40.0 Å². The summed E-state index contributed by atoms with van der Waals surface area (Å²) in [6.07, 6.45) is 4.84. The molecule has 4 heterocycles. The molecule has 1 aliphatic carbocycles. The molecule has 2 amide bonds. The number of morpholine rings is 1. The van der Waals surface area contributed by atoms with Gasteiger partial charge in [0, 0.05) is 56.4 Å². The van der Waals surface area contributed by atoms with Gasteiger partial charge in [-0.2, -0.15) is 10.1 Å². The van der Waals surface area contributed by atoms with Gasteiger partial charge in [-0.25, -0.2) is 14.5 Å². The SMILES string of the molecule is COC(=O)Nc1ccc(-c2nc(N3CCOCC3)nc3c2cnn3C2CCC(C(=O)N3CCN(C)CC3)CC2)cc1. The predicted molar refractivity (Wildman–Crippen MR) is 155 cm³/mol. The maximum atomic E-state index is 13.2. The summed E-state index contributed by atoms with van der Waals surface area (Å²) < 4.78 is 12.3. The van der Waals surface area contributed by atoms with Crippen LogP contribution in [-0.2, 0) is 14.3 Å². The van der Waals surface area contributed by atoms with Gasteiger partial charge in [0.05, 0.1) is 43.6 Å². The molecule has 12 heteroatoms. The maximum Gasteiger partial charge on any atom is 0.411 e. The van der Waals surface area contributed by atoms with Crippen LogP contribution in [0.5, 0.6) is 0 Å². The van der Waals surface area contributed by atoms with Gasteiger partial charge in [0.25, 0.3) is 0 Å². The number of hydrogen-bond donors (Lipinski definition) is 1. The minimum absolute atomic E-state index is 0.0858. The number of benzene rings is 1. The lowest BCUT2D eigenvalue weighted by Crippen LogP contribution is -2.49. The third-order valence-corrected chi connectivity index (χ3v) is 8.53. The molecule has 0 radical (unpaired) electrons. The highest BCUT2D eigenvalue weighted by Gasteiger charge is 2.32. The number of hydrogen-bond acceptors (Lipinski definition) is 9. The molecule has 1 saturated carbocycles. The van der Waals surface area contributed by atoms with Crippen molar-refractivity contribution in [2.75, 3.05) is 76.9 Å². The zero-order valence-corrected chi connectivity index (χ0v) is 23.8. The fourth-order valence-electron chi connectivity index (χ4n) is 6.04. The zero-order valence-electron chi connectivity index (χ0n) is 23.8. The number of methoxy groups -OCH3 is 1. The van der Waals surface area contributed by atoms with Gasteiger partial charge in [-0.05, 0) is 44.9 Å². The van der Waals surface area contributed by atoms with Crippen LogP contribution in [0, 0.1) is 5.92 Å². The lowest BCUT2D eigenvalue weighted by Gasteiger charge is -2.36. The molecule has 2 saturated heterocycles. The standard InChI is InChI=1S/C29H38N8O4/c1-34-11-13-35(14-12-34)27(38)21-5-9-23(10-6-21)37-26-24(19-30-37)25(32-28(33-26)36-15-17-41-18-16-36)20-3-7-22(8-4-20)31-29(39)40-2/h3-4,7-8,19,21,23H,5-6,9-18H2,1-2H3,(H,31,39). The van der Waals surface area contributed by atoms with E-state index in [0.717, 1.165) is 87.2 Å². The molecule has 3 fully saturated rings. The smallest absolute Gasteiger partial charge is 0.411 e. The highest BCUT2D eigenvalue weighted by atomic mass is 16.5. The number of carbonyl (C=O) groups is 2. The van der Waals surface area contributed by atoms with Crippen molar-refractivity contribution in [3.63, 3.8) is 0 Å². The van der Waals surface area contributed by atoms with E-state index in [-0.39, 0.29) is 12.0 Å². The minimum atomic E-state index is -0.516. The molecule has 1 aromatic carbocycles. The second kappa shape index (κ2) is 12.0. The van der Waals surface area contributed by atoms with Crippen molar-refractivity contribution >= 4 is 34.7 Å². The van der Waals surface area contributed by atoms with Crippen LogP contribution in [0.25, 0.3) is 22.3 Å². The maximum absolute atomic E-state index is 13.2. The Morgan fingerprint density at radius 2 is 1.66 bits per heavy atom. The molecular formula is C29H38N8O4. The van der Waals surface area contributed by atoms with Crippen molar-refractivity contribution in [1.82, 2.24) is 29.5 Å². The van der Waals surface area contributed by atoms with Gasteiger partial charge in [0.1, 0.15) is 0 Å². The molecule has 3 aromatic rings. The quantitative estimate of drug-likeness (QED) is 0.501. The number of fused-ring (bicyclic) bond motifs is 1. The van der Waals surface area contributed by atoms with Crippen LogP contribution in [-0.4, -0.2) is 108 Å². The molecule has 3 aliphatic rings. The predicted octanol–water partition coefficient (Wildman–Crippen LogP) is 3.01. The summed E-state index contributed by atoms with van der Waals surface area (Å²) in [5.74, 6) is 1.06. The third-order valence-electron chi connectivity index (χ3n) is 8.53. The normalized spacial score (nSPS) is 22.1. The van der Waals surface area contributed by atoms with Crippen molar-refractivity contribution in [3.8, 4) is 11.3 Å². The molecule has 0 atom stereocenters. The van der Waals surface area contributed by atoms with Crippen molar-refractivity contribution in [3.05, 3.63) is 30.5 Å². The molecule has 41 heavy (non-hydrogen) atoms. The number of aromatic nitrogens is 4. The van der Waals surface area contributed by atoms with E-state index in [9.17, 15) is 9.59 Å². The van der Waals surface area contributed by atoms with E-state index in [4.69, 9.17) is 24.5 Å². The lowest BCUT2D eigenvalue weighted by atomic mass is 9.85. The molecule has 218 valence electrons. The van der Waals surface area contributed by atoms with Crippen LogP contribution in [0.1, 0.15) is 31.7 Å². The Labute approximate surface area is 239 Å². The first kappa shape index (κ1) is 27.4. The summed E-state index contributed by atoms with van der Waals surface area (Å²) in [6.45, 7) is 6.24. The van der Waals surface area contributed by atoms with Crippen molar-refractivity contribution < 1.29 is 19.1 Å². The summed E-state index contributed by atoms with van der Waals surface area (Å²) in [7, 11) is 3.45. The second-order valence-electron chi connectivity index (χ2n) is 11.1. The largest absolute Gasteiger partial charge is 0.453 e. The molecule has 6 rings (SSSR count). The molecule has 1 N–H and O–H groups in total. The number of nitrogens with one attached hydrogen (secondary N) is 1. The molecule has 0 bridgehead atoms. The Morgan fingerprint density at radius 1 is 0.951 bits per heavy atom. The van der Waals surface area contributed by atoms with Crippen molar-refractivity contribution in [2.45, 2.75) is 31.7 Å². The van der Waals surface area contributed by atoms with E-state index in [1.165, 1.54) is 7.11 Å². The number of piperazine rings is 1. The molecule has 2 aromatic heterocycles. The van der Waals surface area contributed by atoms with Gasteiger partial charge in [-0.1, -0.05) is 12.1 Å². The summed E-state index contributed by atoms with van der Waals surface area (Å²) in [5.41, 5.74) is 3.15. The number of nitrogens with zero attached hydrogens (tertiary/aromatic N) is 7. The van der Waals surface area contributed by atoms with Gasteiger partial charge < -0.3 is 24.2 Å². The number of anilines is 2. The van der Waals surface area contributed by atoms with Crippen LogP contribution >= 0.6 is 0 Å². The molecule has 0 spiro atoms. The van der Waals surface area contributed by atoms with Crippen molar-refractivity contribution in [2.24, 2.45) is 5.92 Å². The molecule has 2 aliphatic heterocycles. The van der Waals surface area contributed by atoms with Gasteiger partial charge >= 0.3 is 6.09 Å². The average molecular weight is 563 g/mol. The van der Waals surface area contributed by atoms with Crippen LogP contribution in [0.2, 0.25) is 0 Å². The number of carbonyl (C=O) groups excluding carboxylic acids is 2. The third kappa shape index (κ3) is 5.84. The Kier molecular flexibility index (Phi) is 8.02. The summed E-state index contributed by atoms with van der Waals surface area (Å²) in [6, 6.07) is 7.71. The van der Waals surface area contributed by atoms with E-state index < -0.39 is 6.09 Å². The topological polar surface area (TPSA) is 118 Å². The van der Waals surface area contributed by atoms with Gasteiger partial charge in [-0.3, -0.25) is 10.1 Å². The van der Waals surface area contributed by atoms with E-state index in [0.29, 0.717) is 30.8 Å². The first-order chi connectivity index (χ1) is 20.0. The summed E-state index contributed by atoms with van der Waals surface area (Å²) >= 11 is 0.